The molecule has 0 heterocycles. The zero-order chi connectivity index (χ0) is 26.2. The summed E-state index contributed by atoms with van der Waals surface area (Å²) >= 11 is 0. The van der Waals surface area contributed by atoms with Crippen LogP contribution in [0.2, 0.25) is 0 Å². The molecule has 1 unspecified atom stereocenters. The highest BCUT2D eigenvalue weighted by molar-refractivity contribution is 5.79. The van der Waals surface area contributed by atoms with Crippen molar-refractivity contribution in [2.45, 2.75) is 63.7 Å². The van der Waals surface area contributed by atoms with Crippen LogP contribution in [0.4, 0.5) is 0 Å². The van der Waals surface area contributed by atoms with Crippen LogP contribution >= 0.6 is 0 Å². The summed E-state index contributed by atoms with van der Waals surface area (Å²) in [5, 5.41) is 0. The van der Waals surface area contributed by atoms with Crippen LogP contribution in [0.5, 0.6) is 0 Å². The van der Waals surface area contributed by atoms with Crippen LogP contribution < -0.4 is 0 Å². The Morgan fingerprint density at radius 2 is 1.23 bits per heavy atom. The first-order valence-corrected chi connectivity index (χ1v) is 14.9. The topological polar surface area (TPSA) is 0 Å². The van der Waals surface area contributed by atoms with Gasteiger partial charge in [-0.15, -0.1) is 0 Å². The van der Waals surface area contributed by atoms with Gasteiger partial charge in [-0.05, 0) is 107 Å². The Bertz CT molecular complexity index is 1690. The molecule has 0 bridgehead atoms. The van der Waals surface area contributed by atoms with Gasteiger partial charge >= 0.3 is 0 Å². The lowest BCUT2D eigenvalue weighted by molar-refractivity contribution is 0.166. The molecule has 1 fully saturated rings. The predicted octanol–water partition coefficient (Wildman–Crippen LogP) is 9.95. The molecule has 0 radical (unpaired) electrons. The minimum absolute atomic E-state index is 0.0425. The van der Waals surface area contributed by atoms with Gasteiger partial charge in [-0.3, -0.25) is 0 Å². The van der Waals surface area contributed by atoms with Crippen molar-refractivity contribution in [3.63, 3.8) is 0 Å². The quantitative estimate of drug-likeness (QED) is 0.225. The van der Waals surface area contributed by atoms with Crippen LogP contribution in [0, 0.1) is 5.41 Å². The normalized spacial score (nSPS) is 26.1. The Labute approximate surface area is 233 Å². The Morgan fingerprint density at radius 1 is 0.641 bits per heavy atom. The Kier molecular flexibility index (Phi) is 5.03. The second kappa shape index (κ2) is 8.43. The maximum absolute atomic E-state index is 2.58. The molecule has 0 saturated heterocycles. The summed E-state index contributed by atoms with van der Waals surface area (Å²) in [7, 11) is 0. The lowest BCUT2D eigenvalue weighted by atomic mass is 9.52. The summed E-state index contributed by atoms with van der Waals surface area (Å²) in [6.07, 6.45) is 14.6. The van der Waals surface area contributed by atoms with Crippen LogP contribution in [0.25, 0.3) is 22.3 Å². The molecule has 192 valence electrons. The summed E-state index contributed by atoms with van der Waals surface area (Å²) in [4.78, 5) is 0. The van der Waals surface area contributed by atoms with Crippen molar-refractivity contribution in [3.8, 4) is 22.3 Å². The van der Waals surface area contributed by atoms with Gasteiger partial charge < -0.3 is 0 Å². The van der Waals surface area contributed by atoms with Gasteiger partial charge in [0.2, 0.25) is 0 Å². The first-order valence-electron chi connectivity index (χ1n) is 14.9. The molecule has 39 heavy (non-hydrogen) atoms. The number of hydrogen-bond donors (Lipinski definition) is 0. The van der Waals surface area contributed by atoms with Crippen molar-refractivity contribution < 1.29 is 0 Å². The van der Waals surface area contributed by atoms with E-state index in [1.807, 2.05) is 0 Å². The Balaban J connectivity index is 1.20. The van der Waals surface area contributed by atoms with Crippen molar-refractivity contribution >= 4 is 0 Å². The van der Waals surface area contributed by atoms with E-state index < -0.39 is 0 Å². The molecule has 0 N–H and O–H groups in total. The van der Waals surface area contributed by atoms with Gasteiger partial charge in [0, 0.05) is 10.8 Å². The molecular formula is C39H36. The van der Waals surface area contributed by atoms with E-state index in [0.29, 0.717) is 5.92 Å². The van der Waals surface area contributed by atoms with Gasteiger partial charge in [0.15, 0.2) is 0 Å². The summed E-state index contributed by atoms with van der Waals surface area (Å²) < 4.78 is 0. The minimum Gasteiger partial charge on any atom is -0.0737 e. The van der Waals surface area contributed by atoms with Crippen molar-refractivity contribution in [1.29, 1.82) is 0 Å². The average molecular weight is 505 g/mol. The predicted molar refractivity (Wildman–Crippen MR) is 163 cm³/mol. The third-order valence-corrected chi connectivity index (χ3v) is 10.8. The third kappa shape index (κ3) is 3.30. The maximum Gasteiger partial charge on any atom is 0.0138 e. The second-order valence-corrected chi connectivity index (χ2v) is 12.7. The summed E-state index contributed by atoms with van der Waals surface area (Å²) in [5.41, 5.74) is 16.8. The van der Waals surface area contributed by atoms with Gasteiger partial charge in [-0.25, -0.2) is 0 Å². The highest BCUT2D eigenvalue weighted by Crippen LogP contribution is 2.60. The first-order chi connectivity index (χ1) is 19.1. The Morgan fingerprint density at radius 3 is 1.90 bits per heavy atom. The van der Waals surface area contributed by atoms with Crippen LogP contribution in [-0.2, 0) is 18.3 Å². The molecule has 1 saturated carbocycles. The van der Waals surface area contributed by atoms with E-state index in [0.717, 1.165) is 12.8 Å². The Hall–Kier alpha value is -3.64. The molecule has 1 atom stereocenters. The van der Waals surface area contributed by atoms with Crippen LogP contribution in [0.15, 0.2) is 109 Å². The molecule has 0 aliphatic heterocycles. The molecule has 0 nitrogen and oxygen atoms in total. The van der Waals surface area contributed by atoms with E-state index in [4.69, 9.17) is 0 Å². The van der Waals surface area contributed by atoms with Crippen molar-refractivity contribution in [1.82, 2.24) is 0 Å². The van der Waals surface area contributed by atoms with Crippen LogP contribution in [0.3, 0.4) is 0 Å². The van der Waals surface area contributed by atoms with E-state index in [1.165, 1.54) is 64.6 Å². The van der Waals surface area contributed by atoms with Gasteiger partial charge in [0.25, 0.3) is 0 Å². The maximum atomic E-state index is 2.58. The standard InChI is InChI=1S/C39H36/c1-26-17-20-38(2,25-26)39(37-16-8-15-34-32-12-6-4-10-29(32)24-36(34)37)21-18-27(19-22-39)30-13-7-14-33-31-11-5-3-9-28(31)23-35(30)33/h3-17,20,25,27H,18-19,21-24H2,1-2H3. The second-order valence-electron chi connectivity index (χ2n) is 12.7. The molecule has 4 aromatic rings. The fourth-order valence-corrected chi connectivity index (χ4v) is 8.86. The molecule has 0 heteroatoms. The van der Waals surface area contributed by atoms with Crippen molar-refractivity contribution in [2.75, 3.05) is 0 Å². The van der Waals surface area contributed by atoms with E-state index in [-0.39, 0.29) is 10.8 Å². The molecule has 8 rings (SSSR count). The smallest absolute Gasteiger partial charge is 0.0138 e. The fraction of sp³-hybridized carbons (Fsp3) is 0.282. The average Bonchev–Trinajstić information content (AvgIpc) is 3.66. The summed E-state index contributed by atoms with van der Waals surface area (Å²) in [6, 6.07) is 32.4. The highest BCUT2D eigenvalue weighted by Gasteiger charge is 2.51. The highest BCUT2D eigenvalue weighted by atomic mass is 14.5. The first kappa shape index (κ1) is 23.3. The summed E-state index contributed by atoms with van der Waals surface area (Å²) in [5.74, 6) is 0.635. The molecule has 4 aliphatic carbocycles. The molecule has 0 aromatic heterocycles. The summed E-state index contributed by atoms with van der Waals surface area (Å²) in [6.45, 7) is 4.79. The minimum atomic E-state index is 0.0425. The third-order valence-electron chi connectivity index (χ3n) is 10.8. The lowest BCUT2D eigenvalue weighted by Gasteiger charge is -2.51. The lowest BCUT2D eigenvalue weighted by Crippen LogP contribution is -2.44. The largest absolute Gasteiger partial charge is 0.0737 e. The molecular weight excluding hydrogens is 468 g/mol. The van der Waals surface area contributed by atoms with E-state index in [9.17, 15) is 0 Å². The van der Waals surface area contributed by atoms with Gasteiger partial charge in [-0.1, -0.05) is 116 Å². The van der Waals surface area contributed by atoms with E-state index in [1.54, 1.807) is 22.3 Å². The zero-order valence-corrected chi connectivity index (χ0v) is 23.1. The van der Waals surface area contributed by atoms with Crippen LogP contribution in [-0.4, -0.2) is 0 Å². The zero-order valence-electron chi connectivity index (χ0n) is 23.1. The SMILES string of the molecule is CC1=CC(C)(C2(c3cccc4c3Cc3ccccc3-4)CCC(c3cccc4c3Cc3ccccc3-4)CC2)C=C1. The number of rotatable bonds is 3. The monoisotopic (exact) mass is 504 g/mol. The van der Waals surface area contributed by atoms with Gasteiger partial charge in [0.05, 0.1) is 0 Å². The number of benzene rings is 4. The number of allylic oxidation sites excluding steroid dienone is 4. The molecule has 0 spiro atoms. The van der Waals surface area contributed by atoms with Gasteiger partial charge in [0.1, 0.15) is 0 Å². The number of hydrogen-bond acceptors (Lipinski definition) is 0. The molecule has 4 aromatic carbocycles. The van der Waals surface area contributed by atoms with Crippen molar-refractivity contribution in [2.24, 2.45) is 5.41 Å². The van der Waals surface area contributed by atoms with E-state index >= 15 is 0 Å². The van der Waals surface area contributed by atoms with Crippen LogP contribution in [0.1, 0.15) is 78.8 Å². The van der Waals surface area contributed by atoms with E-state index in [2.05, 4.69) is 117 Å². The molecule has 0 amide bonds. The van der Waals surface area contributed by atoms with Crippen molar-refractivity contribution in [3.05, 3.63) is 142 Å². The fourth-order valence-electron chi connectivity index (χ4n) is 8.86. The molecule has 4 aliphatic rings. The van der Waals surface area contributed by atoms with Gasteiger partial charge in [-0.2, -0.15) is 0 Å². The number of fused-ring (bicyclic) bond motifs is 6.